The van der Waals surface area contributed by atoms with E-state index >= 15 is 0 Å². The summed E-state index contributed by atoms with van der Waals surface area (Å²) in [5.74, 6) is 1.70. The Morgan fingerprint density at radius 1 is 1.17 bits per heavy atom. The first-order chi connectivity index (χ1) is 14.4. The number of carbonyl (C=O) groups excluding carboxylic acids is 1. The summed E-state index contributed by atoms with van der Waals surface area (Å²) in [6, 6.07) is 14.0. The van der Waals surface area contributed by atoms with Crippen molar-refractivity contribution in [3.8, 4) is 5.75 Å². The van der Waals surface area contributed by atoms with E-state index in [4.69, 9.17) is 4.74 Å². The Labute approximate surface area is 182 Å². The lowest BCUT2D eigenvalue weighted by molar-refractivity contribution is -0.113. The lowest BCUT2D eigenvalue weighted by Gasteiger charge is -2.14. The summed E-state index contributed by atoms with van der Waals surface area (Å²) < 4.78 is 7.88. The zero-order valence-corrected chi connectivity index (χ0v) is 18.9. The van der Waals surface area contributed by atoms with Gasteiger partial charge in [-0.1, -0.05) is 48.5 Å². The average Bonchev–Trinajstić information content (AvgIpc) is 3.09. The van der Waals surface area contributed by atoms with Gasteiger partial charge in [0.15, 0.2) is 17.1 Å². The number of nitrogens with one attached hydrogen (secondary N) is 1. The van der Waals surface area contributed by atoms with Crippen molar-refractivity contribution >= 4 is 23.4 Å². The molecule has 158 valence electrons. The number of hydrogen-bond donors (Lipinski definition) is 1. The third kappa shape index (κ3) is 5.42. The Morgan fingerprint density at radius 2 is 1.90 bits per heavy atom. The summed E-state index contributed by atoms with van der Waals surface area (Å²) in [6.07, 6.45) is 0.741. The van der Waals surface area contributed by atoms with Crippen LogP contribution in [0, 0.1) is 13.8 Å². The Bertz CT molecular complexity index is 1010. The van der Waals surface area contributed by atoms with Gasteiger partial charge in [0.25, 0.3) is 0 Å². The summed E-state index contributed by atoms with van der Waals surface area (Å²) in [4.78, 5) is 12.4. The largest absolute Gasteiger partial charge is 0.483 e. The highest BCUT2D eigenvalue weighted by Crippen LogP contribution is 2.24. The van der Waals surface area contributed by atoms with Crippen LogP contribution in [-0.2, 0) is 18.3 Å². The predicted molar refractivity (Wildman–Crippen MR) is 121 cm³/mol. The van der Waals surface area contributed by atoms with Crippen LogP contribution in [0.3, 0.4) is 0 Å². The monoisotopic (exact) mass is 424 g/mol. The quantitative estimate of drug-likeness (QED) is 0.523. The number of aromatic nitrogens is 3. The van der Waals surface area contributed by atoms with E-state index in [0.29, 0.717) is 11.0 Å². The molecule has 6 nitrogen and oxygen atoms in total. The van der Waals surface area contributed by atoms with E-state index in [2.05, 4.69) is 40.6 Å². The molecule has 0 aliphatic heterocycles. The van der Waals surface area contributed by atoms with Gasteiger partial charge in [-0.05, 0) is 56.5 Å². The standard InChI is InChI=1S/C23H28N4O2S/c1-6-18-8-10-19(11-9-18)29-17(4)22-25-26-23(27(22)5)30-14-21(28)24-20-12-7-15(2)13-16(20)3/h7-13,17H,6,14H2,1-5H3,(H,24,28)/t17-/m1/s1. The number of thioether (sulfide) groups is 1. The van der Waals surface area contributed by atoms with Gasteiger partial charge in [0.1, 0.15) is 5.75 Å². The molecular weight excluding hydrogens is 396 g/mol. The van der Waals surface area contributed by atoms with Crippen LogP contribution in [0.2, 0.25) is 0 Å². The van der Waals surface area contributed by atoms with Crippen molar-refractivity contribution in [1.82, 2.24) is 14.8 Å². The van der Waals surface area contributed by atoms with Crippen molar-refractivity contribution < 1.29 is 9.53 Å². The first-order valence-corrected chi connectivity index (χ1v) is 11.0. The van der Waals surface area contributed by atoms with Gasteiger partial charge in [0.2, 0.25) is 5.91 Å². The van der Waals surface area contributed by atoms with Gasteiger partial charge in [-0.25, -0.2) is 0 Å². The molecule has 0 aliphatic carbocycles. The molecule has 0 aliphatic rings. The fourth-order valence-corrected chi connectivity index (χ4v) is 3.85. The summed E-state index contributed by atoms with van der Waals surface area (Å²) in [5.41, 5.74) is 4.32. The van der Waals surface area contributed by atoms with Gasteiger partial charge in [-0.15, -0.1) is 10.2 Å². The molecule has 0 saturated heterocycles. The van der Waals surface area contributed by atoms with E-state index in [1.165, 1.54) is 22.9 Å². The Kier molecular flexibility index (Phi) is 7.15. The zero-order chi connectivity index (χ0) is 21.7. The first-order valence-electron chi connectivity index (χ1n) is 10.0. The fraction of sp³-hybridized carbons (Fsp3) is 0.348. The number of anilines is 1. The van der Waals surface area contributed by atoms with E-state index in [0.717, 1.165) is 23.4 Å². The Morgan fingerprint density at radius 3 is 2.57 bits per heavy atom. The van der Waals surface area contributed by atoms with Crippen molar-refractivity contribution in [2.75, 3.05) is 11.1 Å². The van der Waals surface area contributed by atoms with Gasteiger partial charge < -0.3 is 14.6 Å². The molecule has 1 amide bonds. The molecular formula is C23H28N4O2S. The maximum atomic E-state index is 12.4. The van der Waals surface area contributed by atoms with E-state index in [1.807, 2.05) is 56.7 Å². The molecule has 0 unspecified atom stereocenters. The molecule has 0 spiro atoms. The SMILES string of the molecule is CCc1ccc(O[C@H](C)c2nnc(SCC(=O)Nc3ccc(C)cc3C)n2C)cc1. The van der Waals surface area contributed by atoms with Crippen LogP contribution in [0.15, 0.2) is 47.6 Å². The molecule has 0 radical (unpaired) electrons. The molecule has 7 heteroatoms. The normalized spacial score (nSPS) is 11.9. The topological polar surface area (TPSA) is 69.0 Å². The fourth-order valence-electron chi connectivity index (χ4n) is 3.14. The molecule has 0 bridgehead atoms. The minimum absolute atomic E-state index is 0.0724. The minimum Gasteiger partial charge on any atom is -0.483 e. The lowest BCUT2D eigenvalue weighted by atomic mass is 10.1. The second-order valence-electron chi connectivity index (χ2n) is 7.31. The highest BCUT2D eigenvalue weighted by Gasteiger charge is 2.18. The van der Waals surface area contributed by atoms with Crippen LogP contribution < -0.4 is 10.1 Å². The van der Waals surface area contributed by atoms with Gasteiger partial charge >= 0.3 is 0 Å². The Balaban J connectivity index is 1.58. The summed E-state index contributed by atoms with van der Waals surface area (Å²) in [6.45, 7) is 8.09. The number of amides is 1. The molecule has 3 aromatic rings. The number of hydrogen-bond acceptors (Lipinski definition) is 5. The highest BCUT2D eigenvalue weighted by molar-refractivity contribution is 7.99. The first kappa shape index (κ1) is 21.9. The van der Waals surface area contributed by atoms with Gasteiger partial charge in [0, 0.05) is 12.7 Å². The Hall–Kier alpha value is -2.80. The van der Waals surface area contributed by atoms with Crippen LogP contribution >= 0.6 is 11.8 Å². The smallest absolute Gasteiger partial charge is 0.234 e. The maximum absolute atomic E-state index is 12.4. The van der Waals surface area contributed by atoms with Crippen LogP contribution in [-0.4, -0.2) is 26.4 Å². The van der Waals surface area contributed by atoms with Gasteiger partial charge in [0.05, 0.1) is 5.75 Å². The average molecular weight is 425 g/mol. The molecule has 0 fully saturated rings. The van der Waals surface area contributed by atoms with E-state index < -0.39 is 0 Å². The summed E-state index contributed by atoms with van der Waals surface area (Å²) in [5, 5.41) is 12.1. The van der Waals surface area contributed by atoms with Crippen LogP contribution in [0.25, 0.3) is 0 Å². The minimum atomic E-state index is -0.256. The highest BCUT2D eigenvalue weighted by atomic mass is 32.2. The molecule has 0 saturated carbocycles. The third-order valence-electron chi connectivity index (χ3n) is 4.87. The third-order valence-corrected chi connectivity index (χ3v) is 5.89. The number of nitrogens with zero attached hydrogens (tertiary/aromatic N) is 3. The maximum Gasteiger partial charge on any atom is 0.234 e. The molecule has 1 aromatic heterocycles. The number of aryl methyl sites for hydroxylation is 3. The van der Waals surface area contributed by atoms with E-state index in [9.17, 15) is 4.79 Å². The molecule has 30 heavy (non-hydrogen) atoms. The molecule has 1 N–H and O–H groups in total. The van der Waals surface area contributed by atoms with E-state index in [1.54, 1.807) is 0 Å². The number of rotatable bonds is 8. The lowest BCUT2D eigenvalue weighted by Crippen LogP contribution is -2.15. The molecule has 1 atom stereocenters. The van der Waals surface area contributed by atoms with Crippen LogP contribution in [0.1, 0.15) is 42.5 Å². The van der Waals surface area contributed by atoms with Crippen molar-refractivity contribution in [3.05, 3.63) is 65.0 Å². The molecule has 2 aromatic carbocycles. The predicted octanol–water partition coefficient (Wildman–Crippen LogP) is 4.87. The molecule has 1 heterocycles. The number of benzene rings is 2. The number of ether oxygens (including phenoxy) is 1. The van der Waals surface area contributed by atoms with Crippen LogP contribution in [0.4, 0.5) is 5.69 Å². The van der Waals surface area contributed by atoms with E-state index in [-0.39, 0.29) is 17.8 Å². The number of carbonyl (C=O) groups is 1. The van der Waals surface area contributed by atoms with Crippen LogP contribution in [0.5, 0.6) is 5.75 Å². The summed E-state index contributed by atoms with van der Waals surface area (Å²) in [7, 11) is 1.89. The van der Waals surface area contributed by atoms with Gasteiger partial charge in [-0.3, -0.25) is 4.79 Å². The summed E-state index contributed by atoms with van der Waals surface area (Å²) >= 11 is 1.35. The van der Waals surface area contributed by atoms with Crippen molar-refractivity contribution in [3.63, 3.8) is 0 Å². The van der Waals surface area contributed by atoms with Crippen molar-refractivity contribution in [1.29, 1.82) is 0 Å². The van der Waals surface area contributed by atoms with Gasteiger partial charge in [-0.2, -0.15) is 0 Å². The molecule has 3 rings (SSSR count). The second-order valence-corrected chi connectivity index (χ2v) is 8.26. The van der Waals surface area contributed by atoms with Crippen molar-refractivity contribution in [2.45, 2.75) is 45.4 Å². The second kappa shape index (κ2) is 9.80. The van der Waals surface area contributed by atoms with Crippen molar-refractivity contribution in [2.24, 2.45) is 7.05 Å². The zero-order valence-electron chi connectivity index (χ0n) is 18.1.